The first kappa shape index (κ1) is 19.8. The van der Waals surface area contributed by atoms with Crippen LogP contribution in [-0.2, 0) is 19.1 Å². The van der Waals surface area contributed by atoms with Crippen molar-refractivity contribution in [2.24, 2.45) is 0 Å². The monoisotopic (exact) mass is 379 g/mol. The second-order valence-corrected chi connectivity index (χ2v) is 6.76. The van der Waals surface area contributed by atoms with E-state index in [2.05, 4.69) is 10.6 Å². The molecule has 0 aromatic heterocycles. The topological polar surface area (TPSA) is 105 Å². The van der Waals surface area contributed by atoms with Gasteiger partial charge < -0.3 is 15.4 Å². The molecule has 26 heavy (non-hydrogen) atoms. The van der Waals surface area contributed by atoms with Crippen molar-refractivity contribution in [3.63, 3.8) is 0 Å². The number of anilines is 1. The van der Waals surface area contributed by atoms with Gasteiger partial charge in [0.15, 0.2) is 6.61 Å². The van der Waals surface area contributed by atoms with Crippen molar-refractivity contribution >= 4 is 41.3 Å². The molecule has 1 heterocycles. The van der Waals surface area contributed by atoms with Gasteiger partial charge in [0.1, 0.15) is 12.1 Å². The maximum atomic E-state index is 12.2. The van der Waals surface area contributed by atoms with E-state index in [9.17, 15) is 19.2 Å². The van der Waals surface area contributed by atoms with E-state index in [0.717, 1.165) is 9.80 Å². The fraction of sp³-hybridized carbons (Fsp3) is 0.412. The van der Waals surface area contributed by atoms with Crippen LogP contribution in [0.1, 0.15) is 20.3 Å². The van der Waals surface area contributed by atoms with Crippen LogP contribution in [0.25, 0.3) is 0 Å². The first-order valence-corrected chi connectivity index (χ1v) is 9.25. The first-order chi connectivity index (χ1) is 12.3. The third-order valence-electron chi connectivity index (χ3n) is 4.08. The lowest BCUT2D eigenvalue weighted by atomic mass is 9.99. The van der Waals surface area contributed by atoms with Gasteiger partial charge in [0, 0.05) is 4.90 Å². The Hall–Kier alpha value is -2.55. The van der Waals surface area contributed by atoms with Crippen molar-refractivity contribution in [1.29, 1.82) is 0 Å². The predicted molar refractivity (Wildman–Crippen MR) is 96.8 cm³/mol. The highest BCUT2D eigenvalue weighted by molar-refractivity contribution is 7.98. The number of nitrogens with zero attached hydrogens (tertiary/aromatic N) is 1. The number of urea groups is 1. The second-order valence-electron chi connectivity index (χ2n) is 5.92. The molecule has 8 nitrogen and oxygen atoms in total. The highest BCUT2D eigenvalue weighted by Crippen LogP contribution is 2.24. The summed E-state index contributed by atoms with van der Waals surface area (Å²) in [7, 11) is 0. The van der Waals surface area contributed by atoms with E-state index in [1.807, 2.05) is 18.4 Å². The Morgan fingerprint density at radius 2 is 2.00 bits per heavy atom. The Kier molecular flexibility index (Phi) is 6.25. The highest BCUT2D eigenvalue weighted by atomic mass is 32.2. The standard InChI is InChI=1S/C17H21N3O5S/c1-4-17(2)15(23)20(16(24)19-17)9-14(22)25-10-13(21)18-11-7-5-6-8-12(11)26-3/h5-8H,4,9-10H2,1-3H3,(H,18,21)(H,19,24)/t17-/m0/s1. The molecule has 9 heteroatoms. The molecule has 1 saturated heterocycles. The molecule has 0 aliphatic carbocycles. The number of amides is 4. The minimum Gasteiger partial charge on any atom is -0.454 e. The minimum atomic E-state index is -1.02. The first-order valence-electron chi connectivity index (χ1n) is 8.03. The van der Waals surface area contributed by atoms with Gasteiger partial charge in [0.25, 0.3) is 11.8 Å². The normalized spacial score (nSPS) is 19.3. The van der Waals surface area contributed by atoms with Gasteiger partial charge in [-0.1, -0.05) is 19.1 Å². The third-order valence-corrected chi connectivity index (χ3v) is 4.88. The number of nitrogens with one attached hydrogen (secondary N) is 2. The zero-order chi connectivity index (χ0) is 19.3. The number of imide groups is 1. The summed E-state index contributed by atoms with van der Waals surface area (Å²) in [6, 6.07) is 6.58. The number of rotatable bonds is 7. The van der Waals surface area contributed by atoms with E-state index in [4.69, 9.17) is 4.74 Å². The minimum absolute atomic E-state index is 0.403. The Bertz CT molecular complexity index is 739. The molecule has 1 aliphatic rings. The average Bonchev–Trinajstić information content (AvgIpc) is 2.84. The molecule has 1 aromatic carbocycles. The van der Waals surface area contributed by atoms with Gasteiger partial charge >= 0.3 is 12.0 Å². The summed E-state index contributed by atoms with van der Waals surface area (Å²) in [6.07, 6.45) is 2.29. The zero-order valence-electron chi connectivity index (χ0n) is 14.8. The number of benzene rings is 1. The van der Waals surface area contributed by atoms with Crippen LogP contribution in [0.5, 0.6) is 0 Å². The number of para-hydroxylation sites is 1. The summed E-state index contributed by atoms with van der Waals surface area (Å²) in [4.78, 5) is 49.6. The lowest BCUT2D eigenvalue weighted by Gasteiger charge is -2.18. The molecule has 4 amide bonds. The molecule has 140 valence electrons. The molecular weight excluding hydrogens is 358 g/mol. The summed E-state index contributed by atoms with van der Waals surface area (Å²) in [5, 5.41) is 5.20. The molecule has 2 N–H and O–H groups in total. The Morgan fingerprint density at radius 1 is 1.31 bits per heavy atom. The van der Waals surface area contributed by atoms with Gasteiger partial charge in [-0.05, 0) is 31.7 Å². The van der Waals surface area contributed by atoms with Gasteiger partial charge in [-0.3, -0.25) is 19.3 Å². The molecule has 0 spiro atoms. The molecule has 1 atom stereocenters. The van der Waals surface area contributed by atoms with Crippen LogP contribution >= 0.6 is 11.8 Å². The molecule has 0 radical (unpaired) electrons. The van der Waals surface area contributed by atoms with Crippen molar-refractivity contribution in [2.45, 2.75) is 30.7 Å². The number of ether oxygens (including phenoxy) is 1. The number of carbonyl (C=O) groups is 4. The lowest BCUT2D eigenvalue weighted by Crippen LogP contribution is -2.43. The summed E-state index contributed by atoms with van der Waals surface area (Å²) in [5.74, 6) is -1.82. The van der Waals surface area contributed by atoms with Crippen molar-refractivity contribution in [3.05, 3.63) is 24.3 Å². The van der Waals surface area contributed by atoms with E-state index in [0.29, 0.717) is 12.1 Å². The number of carbonyl (C=O) groups excluding carboxylic acids is 4. The molecule has 0 saturated carbocycles. The summed E-state index contributed by atoms with van der Waals surface area (Å²) in [6.45, 7) is 2.32. The summed E-state index contributed by atoms with van der Waals surface area (Å²) < 4.78 is 4.88. The molecule has 0 unspecified atom stereocenters. The number of hydrogen-bond acceptors (Lipinski definition) is 6. The van der Waals surface area contributed by atoms with Crippen LogP contribution < -0.4 is 10.6 Å². The Labute approximate surface area is 155 Å². The summed E-state index contributed by atoms with van der Waals surface area (Å²) >= 11 is 1.47. The van der Waals surface area contributed by atoms with Gasteiger partial charge in [0.05, 0.1) is 5.69 Å². The maximum Gasteiger partial charge on any atom is 0.326 e. The Morgan fingerprint density at radius 3 is 2.62 bits per heavy atom. The van der Waals surface area contributed by atoms with E-state index in [-0.39, 0.29) is 0 Å². The average molecular weight is 379 g/mol. The molecule has 2 rings (SSSR count). The fourth-order valence-corrected chi connectivity index (χ4v) is 2.94. The van der Waals surface area contributed by atoms with Crippen molar-refractivity contribution in [1.82, 2.24) is 10.2 Å². The van der Waals surface area contributed by atoms with Crippen LogP contribution in [0.15, 0.2) is 29.2 Å². The fourth-order valence-electron chi connectivity index (χ4n) is 2.39. The van der Waals surface area contributed by atoms with Crippen LogP contribution in [0.4, 0.5) is 10.5 Å². The smallest absolute Gasteiger partial charge is 0.326 e. The Balaban J connectivity index is 1.86. The number of hydrogen-bond donors (Lipinski definition) is 2. The van der Waals surface area contributed by atoms with Crippen molar-refractivity contribution in [3.8, 4) is 0 Å². The molecular formula is C17H21N3O5S. The van der Waals surface area contributed by atoms with Gasteiger partial charge in [-0.25, -0.2) is 4.79 Å². The largest absolute Gasteiger partial charge is 0.454 e. The SMILES string of the molecule is CC[C@]1(C)NC(=O)N(CC(=O)OCC(=O)Nc2ccccc2SC)C1=O. The molecule has 1 aromatic rings. The quantitative estimate of drug-likeness (QED) is 0.424. The van der Waals surface area contributed by atoms with Crippen molar-refractivity contribution < 1.29 is 23.9 Å². The third kappa shape index (κ3) is 4.34. The van der Waals surface area contributed by atoms with Crippen LogP contribution in [0, 0.1) is 0 Å². The zero-order valence-corrected chi connectivity index (χ0v) is 15.6. The van der Waals surface area contributed by atoms with Gasteiger partial charge in [-0.2, -0.15) is 0 Å². The van der Waals surface area contributed by atoms with E-state index < -0.39 is 42.5 Å². The number of thioether (sulfide) groups is 1. The number of esters is 1. The van der Waals surface area contributed by atoms with Crippen LogP contribution in [-0.4, -0.2) is 53.7 Å². The molecule has 0 bridgehead atoms. The van der Waals surface area contributed by atoms with Gasteiger partial charge in [-0.15, -0.1) is 11.8 Å². The lowest BCUT2D eigenvalue weighted by molar-refractivity contribution is -0.150. The predicted octanol–water partition coefficient (Wildman–Crippen LogP) is 1.61. The van der Waals surface area contributed by atoms with Gasteiger partial charge in [0.2, 0.25) is 0 Å². The van der Waals surface area contributed by atoms with Crippen molar-refractivity contribution in [2.75, 3.05) is 24.7 Å². The van der Waals surface area contributed by atoms with Crippen LogP contribution in [0.2, 0.25) is 0 Å². The molecule has 1 fully saturated rings. The summed E-state index contributed by atoms with van der Waals surface area (Å²) in [5.41, 5.74) is -0.398. The second kappa shape index (κ2) is 8.22. The van der Waals surface area contributed by atoms with E-state index in [1.165, 1.54) is 11.8 Å². The maximum absolute atomic E-state index is 12.2. The highest BCUT2D eigenvalue weighted by Gasteiger charge is 2.47. The van der Waals surface area contributed by atoms with E-state index >= 15 is 0 Å². The van der Waals surface area contributed by atoms with E-state index in [1.54, 1.807) is 26.0 Å². The molecule has 1 aliphatic heterocycles. The van der Waals surface area contributed by atoms with Crippen LogP contribution in [0.3, 0.4) is 0 Å².